The minimum Gasteiger partial charge on any atom is -0.143 e. The lowest BCUT2D eigenvalue weighted by Crippen LogP contribution is -1.75. The fourth-order valence-electron chi connectivity index (χ4n) is 0.921. The number of hydrogen-bond donors (Lipinski definition) is 1. The van der Waals surface area contributed by atoms with Crippen LogP contribution in [0.15, 0.2) is 34.7 Å². The van der Waals surface area contributed by atoms with Gasteiger partial charge in [0.25, 0.3) is 0 Å². The third kappa shape index (κ3) is 2.43. The largest absolute Gasteiger partial charge is 0.143 e. The van der Waals surface area contributed by atoms with Gasteiger partial charge in [0, 0.05) is 4.90 Å². The molecule has 0 fully saturated rings. The van der Waals surface area contributed by atoms with Gasteiger partial charge in [0.15, 0.2) is 0 Å². The van der Waals surface area contributed by atoms with E-state index in [0.717, 1.165) is 4.90 Å². The SMILES string of the molecule is CC(C)=Cc1ccccc1S. The Balaban J connectivity index is 3.04. The molecule has 1 heteroatoms. The molecule has 0 nitrogen and oxygen atoms in total. The summed E-state index contributed by atoms with van der Waals surface area (Å²) in [5.74, 6) is 0. The highest BCUT2D eigenvalue weighted by Crippen LogP contribution is 2.15. The first-order valence-corrected chi connectivity index (χ1v) is 4.08. The first kappa shape index (κ1) is 8.41. The minimum atomic E-state index is 1.04. The lowest BCUT2D eigenvalue weighted by Gasteiger charge is -1.97. The van der Waals surface area contributed by atoms with Crippen LogP contribution in [-0.4, -0.2) is 0 Å². The minimum absolute atomic E-state index is 1.04. The van der Waals surface area contributed by atoms with Crippen molar-refractivity contribution in [2.45, 2.75) is 18.7 Å². The van der Waals surface area contributed by atoms with Crippen LogP contribution in [0.2, 0.25) is 0 Å². The molecule has 0 saturated heterocycles. The highest BCUT2D eigenvalue weighted by Gasteiger charge is 1.91. The van der Waals surface area contributed by atoms with Gasteiger partial charge in [-0.05, 0) is 25.5 Å². The predicted octanol–water partition coefficient (Wildman–Crippen LogP) is 3.40. The third-order valence-corrected chi connectivity index (χ3v) is 1.79. The molecule has 58 valence electrons. The average Bonchev–Trinajstić information content (AvgIpc) is 1.93. The molecule has 0 N–H and O–H groups in total. The Morgan fingerprint density at radius 2 is 1.91 bits per heavy atom. The maximum atomic E-state index is 4.33. The highest BCUT2D eigenvalue weighted by molar-refractivity contribution is 7.80. The van der Waals surface area contributed by atoms with Crippen LogP contribution in [0.3, 0.4) is 0 Å². The topological polar surface area (TPSA) is 0 Å². The molecule has 0 bridgehead atoms. The maximum Gasteiger partial charge on any atom is 0.0112 e. The molecule has 0 aliphatic heterocycles. The molecule has 0 saturated carbocycles. The first-order valence-electron chi connectivity index (χ1n) is 3.63. The first-order chi connectivity index (χ1) is 5.20. The van der Waals surface area contributed by atoms with E-state index in [2.05, 4.69) is 38.6 Å². The smallest absolute Gasteiger partial charge is 0.0112 e. The van der Waals surface area contributed by atoms with Crippen LogP contribution in [0, 0.1) is 0 Å². The predicted molar refractivity (Wildman–Crippen MR) is 53.0 cm³/mol. The summed E-state index contributed by atoms with van der Waals surface area (Å²) in [6.07, 6.45) is 2.13. The van der Waals surface area contributed by atoms with Crippen molar-refractivity contribution in [3.8, 4) is 0 Å². The Labute approximate surface area is 73.4 Å². The molecular formula is C10H12S. The van der Waals surface area contributed by atoms with Crippen molar-refractivity contribution in [3.05, 3.63) is 35.4 Å². The van der Waals surface area contributed by atoms with Crippen molar-refractivity contribution in [3.63, 3.8) is 0 Å². The van der Waals surface area contributed by atoms with Crippen LogP contribution in [0.25, 0.3) is 6.08 Å². The van der Waals surface area contributed by atoms with Gasteiger partial charge in [0.2, 0.25) is 0 Å². The van der Waals surface area contributed by atoms with Crippen molar-refractivity contribution in [1.82, 2.24) is 0 Å². The molecule has 1 rings (SSSR count). The molecule has 0 heterocycles. The molecule has 0 radical (unpaired) electrons. The summed E-state index contributed by atoms with van der Waals surface area (Å²) in [4.78, 5) is 1.04. The molecule has 0 spiro atoms. The molecular weight excluding hydrogens is 152 g/mol. The van der Waals surface area contributed by atoms with Gasteiger partial charge in [-0.25, -0.2) is 0 Å². The third-order valence-electron chi connectivity index (χ3n) is 1.38. The van der Waals surface area contributed by atoms with Crippen molar-refractivity contribution < 1.29 is 0 Å². The summed E-state index contributed by atoms with van der Waals surface area (Å²) in [7, 11) is 0. The summed E-state index contributed by atoms with van der Waals surface area (Å²) in [5.41, 5.74) is 2.49. The van der Waals surface area contributed by atoms with Crippen LogP contribution in [0.1, 0.15) is 19.4 Å². The van der Waals surface area contributed by atoms with E-state index in [1.165, 1.54) is 11.1 Å². The van der Waals surface area contributed by atoms with Gasteiger partial charge >= 0.3 is 0 Å². The molecule has 0 unspecified atom stereocenters. The molecule has 0 atom stereocenters. The number of allylic oxidation sites excluding steroid dienone is 1. The summed E-state index contributed by atoms with van der Waals surface area (Å²) in [5, 5.41) is 0. The van der Waals surface area contributed by atoms with E-state index in [4.69, 9.17) is 0 Å². The Kier molecular flexibility index (Phi) is 2.77. The average molecular weight is 164 g/mol. The Bertz CT molecular complexity index is 270. The normalized spacial score (nSPS) is 9.36. The fourth-order valence-corrected chi connectivity index (χ4v) is 1.15. The standard InChI is InChI=1S/C10H12S/c1-8(2)7-9-5-3-4-6-10(9)11/h3-7,11H,1-2H3. The summed E-state index contributed by atoms with van der Waals surface area (Å²) >= 11 is 4.33. The fraction of sp³-hybridized carbons (Fsp3) is 0.200. The molecule has 1 aromatic carbocycles. The second-order valence-corrected chi connectivity index (χ2v) is 3.26. The van der Waals surface area contributed by atoms with Gasteiger partial charge < -0.3 is 0 Å². The second kappa shape index (κ2) is 3.63. The van der Waals surface area contributed by atoms with E-state index in [1.54, 1.807) is 0 Å². The number of thiol groups is 1. The Morgan fingerprint density at radius 3 is 2.45 bits per heavy atom. The van der Waals surface area contributed by atoms with Gasteiger partial charge in [0.05, 0.1) is 0 Å². The van der Waals surface area contributed by atoms with E-state index < -0.39 is 0 Å². The Hall–Kier alpha value is -0.690. The second-order valence-electron chi connectivity index (χ2n) is 2.78. The van der Waals surface area contributed by atoms with Crippen molar-refractivity contribution in [1.29, 1.82) is 0 Å². The maximum absolute atomic E-state index is 4.33. The lowest BCUT2D eigenvalue weighted by atomic mass is 10.1. The van der Waals surface area contributed by atoms with Crippen molar-refractivity contribution >= 4 is 18.7 Å². The van der Waals surface area contributed by atoms with Crippen LogP contribution in [0.5, 0.6) is 0 Å². The summed E-state index contributed by atoms with van der Waals surface area (Å²) < 4.78 is 0. The summed E-state index contributed by atoms with van der Waals surface area (Å²) in [6, 6.07) is 8.08. The van der Waals surface area contributed by atoms with E-state index in [0.29, 0.717) is 0 Å². The van der Waals surface area contributed by atoms with Gasteiger partial charge in [-0.3, -0.25) is 0 Å². The van der Waals surface area contributed by atoms with E-state index in [9.17, 15) is 0 Å². The van der Waals surface area contributed by atoms with E-state index in [-0.39, 0.29) is 0 Å². The zero-order valence-corrected chi connectivity index (χ0v) is 7.73. The van der Waals surface area contributed by atoms with Gasteiger partial charge in [-0.1, -0.05) is 29.8 Å². The van der Waals surface area contributed by atoms with E-state index >= 15 is 0 Å². The van der Waals surface area contributed by atoms with Crippen LogP contribution in [-0.2, 0) is 0 Å². The molecule has 0 amide bonds. The number of rotatable bonds is 1. The van der Waals surface area contributed by atoms with Gasteiger partial charge in [0.1, 0.15) is 0 Å². The van der Waals surface area contributed by atoms with Crippen LogP contribution >= 0.6 is 12.6 Å². The molecule has 0 aliphatic rings. The van der Waals surface area contributed by atoms with E-state index in [1.807, 2.05) is 18.2 Å². The van der Waals surface area contributed by atoms with Gasteiger partial charge in [-0.2, -0.15) is 0 Å². The number of benzene rings is 1. The molecule has 0 aliphatic carbocycles. The van der Waals surface area contributed by atoms with Crippen LogP contribution < -0.4 is 0 Å². The highest BCUT2D eigenvalue weighted by atomic mass is 32.1. The zero-order valence-electron chi connectivity index (χ0n) is 6.83. The lowest BCUT2D eigenvalue weighted by molar-refractivity contribution is 1.38. The quantitative estimate of drug-likeness (QED) is 0.604. The molecule has 11 heavy (non-hydrogen) atoms. The molecule has 0 aromatic heterocycles. The number of hydrogen-bond acceptors (Lipinski definition) is 1. The Morgan fingerprint density at radius 1 is 1.27 bits per heavy atom. The monoisotopic (exact) mass is 164 g/mol. The van der Waals surface area contributed by atoms with Gasteiger partial charge in [-0.15, -0.1) is 12.6 Å². The molecule has 1 aromatic rings. The van der Waals surface area contributed by atoms with Crippen LogP contribution in [0.4, 0.5) is 0 Å². The van der Waals surface area contributed by atoms with Crippen molar-refractivity contribution in [2.75, 3.05) is 0 Å². The summed E-state index contributed by atoms with van der Waals surface area (Å²) in [6.45, 7) is 4.17. The zero-order chi connectivity index (χ0) is 8.27. The van der Waals surface area contributed by atoms with Crippen molar-refractivity contribution in [2.24, 2.45) is 0 Å².